The molecule has 0 spiro atoms. The van der Waals surface area contributed by atoms with Crippen LogP contribution in [0.4, 0.5) is 4.39 Å². The molecule has 0 aliphatic carbocycles. The summed E-state index contributed by atoms with van der Waals surface area (Å²) in [6, 6.07) is 6.71. The summed E-state index contributed by atoms with van der Waals surface area (Å²) >= 11 is 0. The van der Waals surface area contributed by atoms with Gasteiger partial charge >= 0.3 is 0 Å². The molecule has 1 aromatic rings. The van der Waals surface area contributed by atoms with Crippen molar-refractivity contribution >= 4 is 5.90 Å². The highest BCUT2D eigenvalue weighted by Gasteiger charge is 2.19. The highest BCUT2D eigenvalue weighted by molar-refractivity contribution is 5.80. The summed E-state index contributed by atoms with van der Waals surface area (Å²) in [5.74, 6) is 0.432. The smallest absolute Gasteiger partial charge is 0.188 e. The molecule has 1 aromatic carbocycles. The second kappa shape index (κ2) is 5.77. The zero-order chi connectivity index (χ0) is 12.1. The minimum absolute atomic E-state index is 0.125. The summed E-state index contributed by atoms with van der Waals surface area (Å²) in [5.41, 5.74) is 6.07. The molecule has 0 bridgehead atoms. The van der Waals surface area contributed by atoms with Crippen LogP contribution in [0.2, 0.25) is 0 Å². The van der Waals surface area contributed by atoms with Crippen LogP contribution in [-0.4, -0.2) is 25.1 Å². The molecule has 1 unspecified atom stereocenters. The van der Waals surface area contributed by atoms with Crippen molar-refractivity contribution in [2.45, 2.75) is 25.4 Å². The van der Waals surface area contributed by atoms with Crippen molar-refractivity contribution in [3.63, 3.8) is 0 Å². The van der Waals surface area contributed by atoms with E-state index in [1.165, 1.54) is 6.07 Å². The van der Waals surface area contributed by atoms with E-state index >= 15 is 0 Å². The van der Waals surface area contributed by atoms with Gasteiger partial charge < -0.3 is 10.5 Å². The molecule has 2 rings (SSSR count). The van der Waals surface area contributed by atoms with Crippen LogP contribution in [0.5, 0.6) is 0 Å². The monoisotopic (exact) mass is 236 g/mol. The van der Waals surface area contributed by atoms with Gasteiger partial charge in [-0.25, -0.2) is 4.39 Å². The molecule has 1 aliphatic heterocycles. The van der Waals surface area contributed by atoms with E-state index in [0.717, 1.165) is 12.8 Å². The molecular weight excluding hydrogens is 219 g/mol. The zero-order valence-corrected chi connectivity index (χ0v) is 9.73. The molecule has 1 heterocycles. The van der Waals surface area contributed by atoms with E-state index in [1.807, 2.05) is 6.07 Å². The lowest BCUT2D eigenvalue weighted by Gasteiger charge is -2.10. The molecule has 0 amide bonds. The lowest BCUT2D eigenvalue weighted by atomic mass is 10.1. The van der Waals surface area contributed by atoms with Gasteiger partial charge in [-0.1, -0.05) is 18.2 Å². The van der Waals surface area contributed by atoms with Crippen LogP contribution < -0.4 is 5.73 Å². The summed E-state index contributed by atoms with van der Waals surface area (Å²) in [4.78, 5) is 4.29. The fourth-order valence-electron chi connectivity index (χ4n) is 1.87. The van der Waals surface area contributed by atoms with Gasteiger partial charge in [0.2, 0.25) is 0 Å². The zero-order valence-electron chi connectivity index (χ0n) is 9.73. The predicted octanol–water partition coefficient (Wildman–Crippen LogP) is 1.90. The van der Waals surface area contributed by atoms with Gasteiger partial charge in [-0.05, 0) is 31.0 Å². The summed E-state index contributed by atoms with van der Waals surface area (Å²) < 4.78 is 19.1. The topological polar surface area (TPSA) is 47.6 Å². The Hall–Kier alpha value is -1.42. The van der Waals surface area contributed by atoms with Crippen molar-refractivity contribution in [2.75, 3.05) is 13.1 Å². The maximum Gasteiger partial charge on any atom is 0.188 e. The normalized spacial score (nSPS) is 18.9. The average molecular weight is 236 g/mol. The predicted molar refractivity (Wildman–Crippen MR) is 65.6 cm³/mol. The number of hydrogen-bond donors (Lipinski definition) is 1. The van der Waals surface area contributed by atoms with Gasteiger partial charge in [-0.15, -0.1) is 0 Å². The highest BCUT2D eigenvalue weighted by atomic mass is 19.1. The number of rotatable bonds is 5. The molecule has 17 heavy (non-hydrogen) atoms. The minimum Gasteiger partial charge on any atom is -0.475 e. The number of ether oxygens (including phenoxy) is 1. The largest absolute Gasteiger partial charge is 0.475 e. The van der Waals surface area contributed by atoms with Gasteiger partial charge in [0.1, 0.15) is 11.9 Å². The molecule has 3 nitrogen and oxygen atoms in total. The van der Waals surface area contributed by atoms with E-state index in [-0.39, 0.29) is 11.9 Å². The van der Waals surface area contributed by atoms with Gasteiger partial charge in [-0.2, -0.15) is 0 Å². The fraction of sp³-hybridized carbons (Fsp3) is 0.462. The summed E-state index contributed by atoms with van der Waals surface area (Å²) in [6.07, 6.45) is 2.42. The number of halogens is 1. The van der Waals surface area contributed by atoms with Crippen molar-refractivity contribution in [3.05, 3.63) is 35.6 Å². The number of aliphatic imine (C=N–C) groups is 1. The van der Waals surface area contributed by atoms with Crippen LogP contribution in [0.3, 0.4) is 0 Å². The Morgan fingerprint density at radius 1 is 1.41 bits per heavy atom. The van der Waals surface area contributed by atoms with Crippen molar-refractivity contribution in [1.82, 2.24) is 0 Å². The molecule has 1 atom stereocenters. The van der Waals surface area contributed by atoms with E-state index in [4.69, 9.17) is 10.5 Å². The van der Waals surface area contributed by atoms with E-state index in [1.54, 1.807) is 12.1 Å². The highest BCUT2D eigenvalue weighted by Crippen LogP contribution is 2.15. The van der Waals surface area contributed by atoms with Crippen molar-refractivity contribution in [3.8, 4) is 0 Å². The third-order valence-corrected chi connectivity index (χ3v) is 2.80. The van der Waals surface area contributed by atoms with Crippen LogP contribution in [0, 0.1) is 5.82 Å². The average Bonchev–Trinajstić information content (AvgIpc) is 2.77. The SMILES string of the molecule is NCCCC1CN=C(Cc2ccccc2F)O1. The third kappa shape index (κ3) is 3.27. The fourth-order valence-corrected chi connectivity index (χ4v) is 1.87. The Labute approximate surface area is 100 Å². The van der Waals surface area contributed by atoms with Crippen molar-refractivity contribution in [2.24, 2.45) is 10.7 Å². The Bertz CT molecular complexity index is 406. The lowest BCUT2D eigenvalue weighted by Crippen LogP contribution is -2.16. The van der Waals surface area contributed by atoms with Gasteiger partial charge in [0.05, 0.1) is 13.0 Å². The van der Waals surface area contributed by atoms with Gasteiger partial charge in [-0.3, -0.25) is 4.99 Å². The summed E-state index contributed by atoms with van der Waals surface area (Å²) in [6.45, 7) is 1.34. The third-order valence-electron chi connectivity index (χ3n) is 2.80. The first kappa shape index (κ1) is 12.0. The van der Waals surface area contributed by atoms with Gasteiger partial charge in [0.15, 0.2) is 5.90 Å². The standard InChI is InChI=1S/C13H17FN2O/c14-12-6-2-1-4-10(12)8-13-16-9-11(17-13)5-3-7-15/h1-2,4,6,11H,3,5,7-9,15H2. The molecule has 0 aromatic heterocycles. The summed E-state index contributed by atoms with van der Waals surface area (Å²) in [5, 5.41) is 0. The Morgan fingerprint density at radius 2 is 2.24 bits per heavy atom. The second-order valence-corrected chi connectivity index (χ2v) is 4.17. The first-order valence-corrected chi connectivity index (χ1v) is 5.93. The van der Waals surface area contributed by atoms with Crippen LogP contribution in [0.25, 0.3) is 0 Å². The van der Waals surface area contributed by atoms with E-state index in [0.29, 0.717) is 31.0 Å². The maximum absolute atomic E-state index is 13.4. The molecule has 2 N–H and O–H groups in total. The van der Waals surface area contributed by atoms with Crippen LogP contribution in [0.15, 0.2) is 29.3 Å². The summed E-state index contributed by atoms with van der Waals surface area (Å²) in [7, 11) is 0. The van der Waals surface area contributed by atoms with Gasteiger partial charge in [0, 0.05) is 0 Å². The van der Waals surface area contributed by atoms with Crippen molar-refractivity contribution < 1.29 is 9.13 Å². The van der Waals surface area contributed by atoms with E-state index in [2.05, 4.69) is 4.99 Å². The number of nitrogens with zero attached hydrogens (tertiary/aromatic N) is 1. The number of nitrogens with two attached hydrogens (primary N) is 1. The number of benzene rings is 1. The van der Waals surface area contributed by atoms with Crippen LogP contribution >= 0.6 is 0 Å². The molecule has 1 aliphatic rings. The Kier molecular flexibility index (Phi) is 4.09. The van der Waals surface area contributed by atoms with Crippen LogP contribution in [0.1, 0.15) is 18.4 Å². The maximum atomic E-state index is 13.4. The van der Waals surface area contributed by atoms with Gasteiger partial charge in [0.25, 0.3) is 0 Å². The van der Waals surface area contributed by atoms with Crippen LogP contribution in [-0.2, 0) is 11.2 Å². The molecule has 4 heteroatoms. The molecule has 0 radical (unpaired) electrons. The molecule has 0 saturated heterocycles. The quantitative estimate of drug-likeness (QED) is 0.848. The Balaban J connectivity index is 1.87. The first-order valence-electron chi connectivity index (χ1n) is 5.93. The first-order chi connectivity index (χ1) is 8.29. The van der Waals surface area contributed by atoms with Crippen molar-refractivity contribution in [1.29, 1.82) is 0 Å². The minimum atomic E-state index is -0.204. The molecular formula is C13H17FN2O. The molecule has 0 fully saturated rings. The van der Waals surface area contributed by atoms with E-state index in [9.17, 15) is 4.39 Å². The van der Waals surface area contributed by atoms with E-state index < -0.39 is 0 Å². The molecule has 92 valence electrons. The molecule has 0 saturated carbocycles. The Morgan fingerprint density at radius 3 is 3.00 bits per heavy atom. The second-order valence-electron chi connectivity index (χ2n) is 4.17. The lowest BCUT2D eigenvalue weighted by molar-refractivity contribution is 0.206. The number of hydrogen-bond acceptors (Lipinski definition) is 3.